The van der Waals surface area contributed by atoms with Crippen LogP contribution in [0, 0.1) is 5.92 Å². The molecule has 68 valence electrons. The van der Waals surface area contributed by atoms with Crippen LogP contribution in [0.25, 0.3) is 0 Å². The molecule has 1 fully saturated rings. The van der Waals surface area contributed by atoms with Crippen molar-refractivity contribution in [2.75, 3.05) is 11.5 Å². The van der Waals surface area contributed by atoms with Crippen LogP contribution in [0.2, 0.25) is 0 Å². The molecule has 1 N–H and O–H groups in total. The third-order valence-electron chi connectivity index (χ3n) is 1.95. The molecule has 0 spiro atoms. The number of thioether (sulfide) groups is 1. The van der Waals surface area contributed by atoms with Gasteiger partial charge in [0, 0.05) is 0 Å². The first-order chi connectivity index (χ1) is 5.79. The van der Waals surface area contributed by atoms with E-state index in [-0.39, 0.29) is 6.42 Å². The van der Waals surface area contributed by atoms with Gasteiger partial charge >= 0.3 is 5.97 Å². The van der Waals surface area contributed by atoms with Gasteiger partial charge in [-0.15, -0.1) is 0 Å². The van der Waals surface area contributed by atoms with Crippen molar-refractivity contribution in [3.63, 3.8) is 0 Å². The molecule has 0 saturated carbocycles. The Labute approximate surface area is 77.0 Å². The van der Waals surface area contributed by atoms with Gasteiger partial charge < -0.3 is 5.11 Å². The van der Waals surface area contributed by atoms with Gasteiger partial charge in [0.15, 0.2) is 0 Å². The van der Waals surface area contributed by atoms with E-state index in [0.29, 0.717) is 0 Å². The molecule has 1 aliphatic heterocycles. The van der Waals surface area contributed by atoms with Crippen molar-refractivity contribution in [1.82, 2.24) is 0 Å². The lowest BCUT2D eigenvalue weighted by Gasteiger charge is -2.01. The first-order valence-corrected chi connectivity index (χ1v) is 5.39. The molecular formula is C9H14O2S. The Kier molecular flexibility index (Phi) is 4.22. The Bertz CT molecular complexity index is 171. The van der Waals surface area contributed by atoms with Crippen molar-refractivity contribution in [3.8, 4) is 0 Å². The minimum Gasteiger partial charge on any atom is -0.481 e. The summed E-state index contributed by atoms with van der Waals surface area (Å²) in [5.74, 6) is 2.57. The molecule has 0 bridgehead atoms. The second-order valence-corrected chi connectivity index (χ2v) is 4.18. The summed E-state index contributed by atoms with van der Waals surface area (Å²) in [6, 6.07) is 0. The highest BCUT2D eigenvalue weighted by Gasteiger charge is 2.12. The van der Waals surface area contributed by atoms with E-state index in [2.05, 4.69) is 0 Å². The van der Waals surface area contributed by atoms with Crippen molar-refractivity contribution < 1.29 is 9.90 Å². The molecule has 0 aromatic rings. The van der Waals surface area contributed by atoms with E-state index in [4.69, 9.17) is 5.11 Å². The van der Waals surface area contributed by atoms with E-state index in [1.54, 1.807) is 6.08 Å². The molecule has 1 rings (SSSR count). The second-order valence-electron chi connectivity index (χ2n) is 3.03. The van der Waals surface area contributed by atoms with E-state index in [1.807, 2.05) is 17.8 Å². The molecule has 1 aliphatic rings. The quantitative estimate of drug-likeness (QED) is 0.684. The largest absolute Gasteiger partial charge is 0.481 e. The normalized spacial score (nSPS) is 23.5. The van der Waals surface area contributed by atoms with Crippen molar-refractivity contribution in [2.45, 2.75) is 19.3 Å². The Morgan fingerprint density at radius 1 is 1.58 bits per heavy atom. The molecule has 1 unspecified atom stereocenters. The van der Waals surface area contributed by atoms with Crippen molar-refractivity contribution in [1.29, 1.82) is 0 Å². The lowest BCUT2D eigenvalue weighted by molar-refractivity contribution is -0.136. The Morgan fingerprint density at radius 2 is 2.42 bits per heavy atom. The highest BCUT2D eigenvalue weighted by Crippen LogP contribution is 2.26. The maximum atomic E-state index is 10.1. The SMILES string of the molecule is O=C(O)C/C=C\CC1CCSC1. The number of carboxylic acid groups (broad SMARTS) is 1. The van der Waals surface area contributed by atoms with Crippen LogP contribution in [-0.2, 0) is 4.79 Å². The van der Waals surface area contributed by atoms with Crippen LogP contribution in [0.5, 0.6) is 0 Å². The van der Waals surface area contributed by atoms with Gasteiger partial charge in [-0.1, -0.05) is 12.2 Å². The fourth-order valence-electron chi connectivity index (χ4n) is 1.24. The second kappa shape index (κ2) is 5.25. The number of carbonyl (C=O) groups is 1. The topological polar surface area (TPSA) is 37.3 Å². The van der Waals surface area contributed by atoms with Gasteiger partial charge in [0.25, 0.3) is 0 Å². The number of hydrogen-bond acceptors (Lipinski definition) is 2. The van der Waals surface area contributed by atoms with E-state index in [9.17, 15) is 4.79 Å². The molecule has 0 aromatic heterocycles. The highest BCUT2D eigenvalue weighted by atomic mass is 32.2. The van der Waals surface area contributed by atoms with Crippen molar-refractivity contribution in [2.24, 2.45) is 5.92 Å². The number of allylic oxidation sites excluding steroid dienone is 1. The van der Waals surface area contributed by atoms with E-state index in [0.717, 1.165) is 12.3 Å². The van der Waals surface area contributed by atoms with Crippen LogP contribution in [0.15, 0.2) is 12.2 Å². The first-order valence-electron chi connectivity index (χ1n) is 4.23. The molecular weight excluding hydrogens is 172 g/mol. The first kappa shape index (κ1) is 9.65. The van der Waals surface area contributed by atoms with Crippen LogP contribution in [0.1, 0.15) is 19.3 Å². The molecule has 0 aromatic carbocycles. The number of carboxylic acids is 1. The summed E-state index contributed by atoms with van der Waals surface area (Å²) in [6.07, 6.45) is 6.28. The predicted molar refractivity (Wildman–Crippen MR) is 51.4 cm³/mol. The molecule has 0 amide bonds. The summed E-state index contributed by atoms with van der Waals surface area (Å²) in [7, 11) is 0. The summed E-state index contributed by atoms with van der Waals surface area (Å²) in [5, 5.41) is 8.35. The van der Waals surface area contributed by atoms with E-state index < -0.39 is 5.97 Å². The number of hydrogen-bond donors (Lipinski definition) is 1. The monoisotopic (exact) mass is 186 g/mol. The molecule has 2 nitrogen and oxygen atoms in total. The standard InChI is InChI=1S/C9H14O2S/c10-9(11)4-2-1-3-8-5-6-12-7-8/h1-2,8H,3-7H2,(H,10,11)/b2-1-. The van der Waals surface area contributed by atoms with Gasteiger partial charge in [0.2, 0.25) is 0 Å². The third-order valence-corrected chi connectivity index (χ3v) is 3.18. The van der Waals surface area contributed by atoms with Gasteiger partial charge in [-0.2, -0.15) is 11.8 Å². The van der Waals surface area contributed by atoms with Crippen molar-refractivity contribution in [3.05, 3.63) is 12.2 Å². The molecule has 3 heteroatoms. The van der Waals surface area contributed by atoms with E-state index in [1.165, 1.54) is 17.9 Å². The van der Waals surface area contributed by atoms with Crippen LogP contribution in [0.3, 0.4) is 0 Å². The maximum Gasteiger partial charge on any atom is 0.307 e. The number of rotatable bonds is 4. The lowest BCUT2D eigenvalue weighted by atomic mass is 10.1. The Morgan fingerprint density at radius 3 is 3.00 bits per heavy atom. The van der Waals surface area contributed by atoms with Crippen LogP contribution < -0.4 is 0 Å². The van der Waals surface area contributed by atoms with E-state index >= 15 is 0 Å². The van der Waals surface area contributed by atoms with Crippen LogP contribution in [-0.4, -0.2) is 22.6 Å². The zero-order valence-corrected chi connectivity index (χ0v) is 7.85. The van der Waals surface area contributed by atoms with Gasteiger partial charge in [-0.25, -0.2) is 0 Å². The summed E-state index contributed by atoms with van der Waals surface area (Å²) in [5.41, 5.74) is 0. The molecule has 1 atom stereocenters. The maximum absolute atomic E-state index is 10.1. The Balaban J connectivity index is 2.07. The summed E-state index contributed by atoms with van der Waals surface area (Å²) in [4.78, 5) is 10.1. The summed E-state index contributed by atoms with van der Waals surface area (Å²) < 4.78 is 0. The molecule has 0 aliphatic carbocycles. The summed E-state index contributed by atoms with van der Waals surface area (Å²) >= 11 is 2.00. The highest BCUT2D eigenvalue weighted by molar-refractivity contribution is 7.99. The molecule has 0 radical (unpaired) electrons. The van der Waals surface area contributed by atoms with Gasteiger partial charge in [-0.3, -0.25) is 4.79 Å². The zero-order chi connectivity index (χ0) is 8.81. The smallest absolute Gasteiger partial charge is 0.307 e. The lowest BCUT2D eigenvalue weighted by Crippen LogP contribution is -1.95. The minimum atomic E-state index is -0.743. The minimum absolute atomic E-state index is 0.167. The molecule has 1 saturated heterocycles. The Hall–Kier alpha value is -0.440. The predicted octanol–water partition coefficient (Wildman–Crippen LogP) is 2.16. The third kappa shape index (κ3) is 3.81. The fourth-order valence-corrected chi connectivity index (χ4v) is 2.54. The summed E-state index contributed by atoms with van der Waals surface area (Å²) in [6.45, 7) is 0. The average molecular weight is 186 g/mol. The average Bonchev–Trinajstić information content (AvgIpc) is 2.49. The van der Waals surface area contributed by atoms with Gasteiger partial charge in [0.05, 0.1) is 6.42 Å². The van der Waals surface area contributed by atoms with Gasteiger partial charge in [0.1, 0.15) is 0 Å². The molecule has 12 heavy (non-hydrogen) atoms. The zero-order valence-electron chi connectivity index (χ0n) is 7.03. The van der Waals surface area contributed by atoms with Crippen LogP contribution in [0.4, 0.5) is 0 Å². The number of aliphatic carboxylic acids is 1. The molecule has 1 heterocycles. The van der Waals surface area contributed by atoms with Crippen molar-refractivity contribution >= 4 is 17.7 Å². The fraction of sp³-hybridized carbons (Fsp3) is 0.667. The van der Waals surface area contributed by atoms with Crippen LogP contribution >= 0.6 is 11.8 Å². The van der Waals surface area contributed by atoms with Gasteiger partial charge in [-0.05, 0) is 30.3 Å².